The Kier molecular flexibility index (Phi) is 7.48. The highest BCUT2D eigenvalue weighted by atomic mass is 35.5. The highest BCUT2D eigenvalue weighted by Crippen LogP contribution is 2.16. The third-order valence-corrected chi connectivity index (χ3v) is 3.04. The summed E-state index contributed by atoms with van der Waals surface area (Å²) >= 11 is 5.80. The van der Waals surface area contributed by atoms with E-state index in [0.717, 1.165) is 18.4 Å². The normalized spacial score (nSPS) is 12.2. The van der Waals surface area contributed by atoms with Crippen LogP contribution >= 0.6 is 11.6 Å². The molecule has 1 rings (SSSR count). The molecule has 0 heterocycles. The Bertz CT molecular complexity index is 381. The van der Waals surface area contributed by atoms with Crippen LogP contribution in [0.2, 0.25) is 5.02 Å². The second-order valence-corrected chi connectivity index (χ2v) is 4.74. The lowest BCUT2D eigenvalue weighted by Gasteiger charge is -2.16. The predicted octanol–water partition coefficient (Wildman–Crippen LogP) is 2.31. The van der Waals surface area contributed by atoms with Gasteiger partial charge in [0.1, 0.15) is 0 Å². The molecule has 4 nitrogen and oxygen atoms in total. The van der Waals surface area contributed by atoms with Crippen LogP contribution in [0.15, 0.2) is 24.3 Å². The first-order chi connectivity index (χ1) is 9.17. The van der Waals surface area contributed by atoms with Gasteiger partial charge in [0.15, 0.2) is 0 Å². The number of unbranched alkanes of at least 4 members (excludes halogenated alkanes) is 1. The number of nitrogens with one attached hydrogen (secondary N) is 1. The summed E-state index contributed by atoms with van der Waals surface area (Å²) in [7, 11) is 1.64. The fraction of sp³-hybridized carbons (Fsp3) is 0.500. The number of benzene rings is 1. The quantitative estimate of drug-likeness (QED) is 0.721. The number of hydrogen-bond acceptors (Lipinski definition) is 3. The highest BCUT2D eigenvalue weighted by Gasteiger charge is 2.13. The summed E-state index contributed by atoms with van der Waals surface area (Å²) < 4.78 is 4.92. The molecular weight excluding hydrogens is 266 g/mol. The zero-order chi connectivity index (χ0) is 14.1. The molecule has 0 aliphatic heterocycles. The number of halogens is 1. The first kappa shape index (κ1) is 16.0. The van der Waals surface area contributed by atoms with E-state index in [1.54, 1.807) is 31.4 Å². The van der Waals surface area contributed by atoms with E-state index in [-0.39, 0.29) is 18.6 Å². The molecule has 0 saturated carbocycles. The van der Waals surface area contributed by atoms with Crippen LogP contribution in [0.4, 0.5) is 0 Å². The summed E-state index contributed by atoms with van der Waals surface area (Å²) in [5.41, 5.74) is 0.845. The van der Waals surface area contributed by atoms with Crippen molar-refractivity contribution in [1.82, 2.24) is 5.32 Å². The number of aliphatic hydroxyl groups is 1. The van der Waals surface area contributed by atoms with Gasteiger partial charge in [0.25, 0.3) is 0 Å². The Balaban J connectivity index is 2.43. The third kappa shape index (κ3) is 6.05. The van der Waals surface area contributed by atoms with Gasteiger partial charge in [0.05, 0.1) is 12.6 Å². The first-order valence-electron chi connectivity index (χ1n) is 6.32. The van der Waals surface area contributed by atoms with E-state index in [1.807, 2.05) is 0 Å². The van der Waals surface area contributed by atoms with Crippen LogP contribution < -0.4 is 5.32 Å². The second kappa shape index (κ2) is 8.91. The number of methoxy groups -OCH3 is 1. The number of hydrogen-bond donors (Lipinski definition) is 2. The van der Waals surface area contributed by atoms with Crippen LogP contribution in [-0.2, 0) is 9.53 Å². The van der Waals surface area contributed by atoms with Gasteiger partial charge in [-0.05, 0) is 30.5 Å². The standard InChI is InChI=1S/C14H20ClNO3/c1-19-9-3-2-4-14(18)16-13(10-17)11-5-7-12(15)8-6-11/h5-8,13,17H,2-4,9-10H2,1H3,(H,16,18). The molecule has 0 aliphatic carbocycles. The molecule has 1 aromatic rings. The molecule has 19 heavy (non-hydrogen) atoms. The zero-order valence-corrected chi connectivity index (χ0v) is 11.8. The van der Waals surface area contributed by atoms with Crippen molar-refractivity contribution in [3.8, 4) is 0 Å². The predicted molar refractivity (Wildman–Crippen MR) is 75.1 cm³/mol. The van der Waals surface area contributed by atoms with E-state index < -0.39 is 0 Å². The summed E-state index contributed by atoms with van der Waals surface area (Å²) in [4.78, 5) is 11.7. The Hall–Kier alpha value is -1.10. The molecule has 0 aliphatic rings. The summed E-state index contributed by atoms with van der Waals surface area (Å²) in [5.74, 6) is -0.0647. The molecule has 5 heteroatoms. The molecule has 1 aromatic carbocycles. The lowest BCUT2D eigenvalue weighted by Crippen LogP contribution is -2.30. The van der Waals surface area contributed by atoms with E-state index in [2.05, 4.69) is 5.32 Å². The monoisotopic (exact) mass is 285 g/mol. The molecule has 2 N–H and O–H groups in total. The van der Waals surface area contributed by atoms with Gasteiger partial charge < -0.3 is 15.2 Å². The molecule has 0 bridgehead atoms. The second-order valence-electron chi connectivity index (χ2n) is 4.30. The number of aliphatic hydroxyl groups excluding tert-OH is 1. The summed E-state index contributed by atoms with van der Waals surface area (Å²) in [5, 5.41) is 12.8. The largest absolute Gasteiger partial charge is 0.394 e. The molecule has 0 spiro atoms. The van der Waals surface area contributed by atoms with Crippen molar-refractivity contribution in [2.24, 2.45) is 0 Å². The minimum Gasteiger partial charge on any atom is -0.394 e. The molecule has 1 amide bonds. The molecule has 0 radical (unpaired) electrons. The number of carbonyl (C=O) groups excluding carboxylic acids is 1. The van der Waals surface area contributed by atoms with E-state index >= 15 is 0 Å². The van der Waals surface area contributed by atoms with Crippen LogP contribution in [0.5, 0.6) is 0 Å². The van der Waals surface area contributed by atoms with E-state index in [4.69, 9.17) is 16.3 Å². The number of carbonyl (C=O) groups is 1. The first-order valence-corrected chi connectivity index (χ1v) is 6.69. The van der Waals surface area contributed by atoms with Gasteiger partial charge in [-0.2, -0.15) is 0 Å². The topological polar surface area (TPSA) is 58.6 Å². The fourth-order valence-corrected chi connectivity index (χ4v) is 1.85. The lowest BCUT2D eigenvalue weighted by atomic mass is 10.1. The number of ether oxygens (including phenoxy) is 1. The smallest absolute Gasteiger partial charge is 0.220 e. The van der Waals surface area contributed by atoms with Crippen molar-refractivity contribution in [2.75, 3.05) is 20.3 Å². The average molecular weight is 286 g/mol. The van der Waals surface area contributed by atoms with Crippen molar-refractivity contribution < 1.29 is 14.6 Å². The molecule has 1 unspecified atom stereocenters. The van der Waals surface area contributed by atoms with Gasteiger partial charge in [0.2, 0.25) is 5.91 Å². The van der Waals surface area contributed by atoms with Gasteiger partial charge in [0, 0.05) is 25.2 Å². The Morgan fingerprint density at radius 2 is 2.05 bits per heavy atom. The third-order valence-electron chi connectivity index (χ3n) is 2.79. The highest BCUT2D eigenvalue weighted by molar-refractivity contribution is 6.30. The maximum atomic E-state index is 11.7. The fourth-order valence-electron chi connectivity index (χ4n) is 1.73. The van der Waals surface area contributed by atoms with Crippen molar-refractivity contribution in [1.29, 1.82) is 0 Å². The zero-order valence-electron chi connectivity index (χ0n) is 11.1. The van der Waals surface area contributed by atoms with Crippen LogP contribution in [0, 0.1) is 0 Å². The summed E-state index contributed by atoms with van der Waals surface area (Å²) in [6, 6.07) is 6.70. The van der Waals surface area contributed by atoms with Gasteiger partial charge in [-0.15, -0.1) is 0 Å². The van der Waals surface area contributed by atoms with Gasteiger partial charge >= 0.3 is 0 Å². The summed E-state index contributed by atoms with van der Waals surface area (Å²) in [6.07, 6.45) is 2.07. The Morgan fingerprint density at radius 3 is 2.63 bits per heavy atom. The van der Waals surface area contributed by atoms with E-state index in [0.29, 0.717) is 18.1 Å². The molecular formula is C14H20ClNO3. The minimum absolute atomic E-state index is 0.0647. The minimum atomic E-state index is -0.382. The summed E-state index contributed by atoms with van der Waals surface area (Å²) in [6.45, 7) is 0.527. The van der Waals surface area contributed by atoms with Gasteiger partial charge in [-0.25, -0.2) is 0 Å². The van der Waals surface area contributed by atoms with E-state index in [9.17, 15) is 9.90 Å². The molecule has 0 aromatic heterocycles. The lowest BCUT2D eigenvalue weighted by molar-refractivity contribution is -0.122. The maximum absolute atomic E-state index is 11.7. The molecule has 1 atom stereocenters. The van der Waals surface area contributed by atoms with E-state index in [1.165, 1.54) is 0 Å². The van der Waals surface area contributed by atoms with Crippen LogP contribution in [-0.4, -0.2) is 31.3 Å². The maximum Gasteiger partial charge on any atom is 0.220 e. The van der Waals surface area contributed by atoms with Crippen LogP contribution in [0.1, 0.15) is 30.9 Å². The average Bonchev–Trinajstić information content (AvgIpc) is 2.42. The van der Waals surface area contributed by atoms with Crippen molar-refractivity contribution >= 4 is 17.5 Å². The molecule has 0 saturated heterocycles. The number of rotatable bonds is 8. The van der Waals surface area contributed by atoms with Crippen molar-refractivity contribution in [3.63, 3.8) is 0 Å². The molecule has 106 valence electrons. The van der Waals surface area contributed by atoms with Crippen molar-refractivity contribution in [3.05, 3.63) is 34.9 Å². The van der Waals surface area contributed by atoms with Crippen molar-refractivity contribution in [2.45, 2.75) is 25.3 Å². The Labute approximate surface area is 118 Å². The SMILES string of the molecule is COCCCCC(=O)NC(CO)c1ccc(Cl)cc1. The van der Waals surface area contributed by atoms with Crippen LogP contribution in [0.25, 0.3) is 0 Å². The molecule has 0 fully saturated rings. The van der Waals surface area contributed by atoms with Crippen LogP contribution in [0.3, 0.4) is 0 Å². The Morgan fingerprint density at radius 1 is 1.37 bits per heavy atom. The number of amides is 1. The van der Waals surface area contributed by atoms with Gasteiger partial charge in [-0.3, -0.25) is 4.79 Å². The van der Waals surface area contributed by atoms with Gasteiger partial charge in [-0.1, -0.05) is 23.7 Å².